The van der Waals surface area contributed by atoms with Crippen molar-refractivity contribution >= 4 is 23.3 Å². The van der Waals surface area contributed by atoms with E-state index in [0.717, 1.165) is 5.56 Å². The summed E-state index contributed by atoms with van der Waals surface area (Å²) in [6.07, 6.45) is 2.90. The summed E-state index contributed by atoms with van der Waals surface area (Å²) in [4.78, 5) is 15.0. The molecule has 0 fully saturated rings. The number of anilines is 1. The number of carboxylic acid groups (broad SMARTS) is 1. The Hall–Kier alpha value is -2.27. The van der Waals surface area contributed by atoms with E-state index in [2.05, 4.69) is 10.3 Å². The Labute approximate surface area is 121 Å². The molecule has 0 bridgehead atoms. The second kappa shape index (κ2) is 6.25. The molecule has 0 aliphatic heterocycles. The molecule has 0 spiro atoms. The smallest absolute Gasteiger partial charge is 0.337 e. The highest BCUT2D eigenvalue weighted by Gasteiger charge is 2.12. The summed E-state index contributed by atoms with van der Waals surface area (Å²) in [6, 6.07) is 6.78. The summed E-state index contributed by atoms with van der Waals surface area (Å²) in [5.74, 6) is -0.369. The van der Waals surface area contributed by atoms with E-state index in [-0.39, 0.29) is 5.56 Å². The van der Waals surface area contributed by atoms with Crippen LogP contribution >= 0.6 is 11.6 Å². The van der Waals surface area contributed by atoms with Gasteiger partial charge in [-0.05, 0) is 18.2 Å². The van der Waals surface area contributed by atoms with Gasteiger partial charge in [0.05, 0.1) is 24.6 Å². The molecule has 5 nitrogen and oxygen atoms in total. The average Bonchev–Trinajstić information content (AvgIpc) is 2.46. The molecule has 2 N–H and O–H groups in total. The van der Waals surface area contributed by atoms with Crippen molar-refractivity contribution in [1.82, 2.24) is 4.98 Å². The Morgan fingerprint density at radius 2 is 2.25 bits per heavy atom. The zero-order valence-electron chi connectivity index (χ0n) is 10.8. The van der Waals surface area contributed by atoms with Gasteiger partial charge in [-0.2, -0.15) is 0 Å². The SMILES string of the molecule is COc1cccc(Cl)c1CNc1cnccc1C(=O)O. The van der Waals surface area contributed by atoms with Crippen molar-refractivity contribution in [2.24, 2.45) is 0 Å². The van der Waals surface area contributed by atoms with Gasteiger partial charge in [0, 0.05) is 23.3 Å². The fourth-order valence-corrected chi connectivity index (χ4v) is 2.04. The second-order valence-corrected chi connectivity index (χ2v) is 4.41. The van der Waals surface area contributed by atoms with Crippen LogP contribution in [0.1, 0.15) is 15.9 Å². The first-order chi connectivity index (χ1) is 9.63. The monoisotopic (exact) mass is 292 g/mol. The Balaban J connectivity index is 2.24. The third-order valence-electron chi connectivity index (χ3n) is 2.80. The highest BCUT2D eigenvalue weighted by Crippen LogP contribution is 2.27. The van der Waals surface area contributed by atoms with E-state index >= 15 is 0 Å². The molecule has 0 amide bonds. The van der Waals surface area contributed by atoms with Gasteiger partial charge in [0.1, 0.15) is 5.75 Å². The molecule has 0 radical (unpaired) electrons. The molecular formula is C14H13ClN2O3. The standard InChI is InChI=1S/C14H13ClN2O3/c1-20-13-4-2-3-11(15)10(13)7-17-12-8-16-6-5-9(12)14(18)19/h2-6,8,17H,7H2,1H3,(H,18,19). The molecule has 0 aliphatic carbocycles. The van der Waals surface area contributed by atoms with E-state index in [9.17, 15) is 4.79 Å². The number of halogens is 1. The molecule has 6 heteroatoms. The number of pyridine rings is 1. The van der Waals surface area contributed by atoms with Crippen molar-refractivity contribution in [1.29, 1.82) is 0 Å². The van der Waals surface area contributed by atoms with Gasteiger partial charge in [-0.3, -0.25) is 4.98 Å². The van der Waals surface area contributed by atoms with E-state index in [1.807, 2.05) is 0 Å². The number of carboxylic acids is 1. The minimum absolute atomic E-state index is 0.158. The molecule has 2 aromatic rings. The number of hydrogen-bond acceptors (Lipinski definition) is 4. The summed E-state index contributed by atoms with van der Waals surface area (Å²) >= 11 is 6.12. The molecule has 104 valence electrons. The number of nitrogens with zero attached hydrogens (tertiary/aromatic N) is 1. The average molecular weight is 293 g/mol. The number of methoxy groups -OCH3 is 1. The van der Waals surface area contributed by atoms with Crippen LogP contribution in [-0.2, 0) is 6.54 Å². The second-order valence-electron chi connectivity index (χ2n) is 4.00. The molecule has 1 aromatic heterocycles. The maximum absolute atomic E-state index is 11.1. The van der Waals surface area contributed by atoms with Crippen LogP contribution in [0.4, 0.5) is 5.69 Å². The van der Waals surface area contributed by atoms with Gasteiger partial charge in [0.2, 0.25) is 0 Å². The lowest BCUT2D eigenvalue weighted by Crippen LogP contribution is -2.08. The number of nitrogens with one attached hydrogen (secondary N) is 1. The lowest BCUT2D eigenvalue weighted by molar-refractivity contribution is 0.0698. The largest absolute Gasteiger partial charge is 0.496 e. The third-order valence-corrected chi connectivity index (χ3v) is 3.16. The molecular weight excluding hydrogens is 280 g/mol. The maximum atomic E-state index is 11.1. The van der Waals surface area contributed by atoms with Gasteiger partial charge in [-0.25, -0.2) is 4.79 Å². The van der Waals surface area contributed by atoms with E-state index in [1.54, 1.807) is 25.3 Å². The molecule has 0 aliphatic rings. The Bertz CT molecular complexity index is 632. The van der Waals surface area contributed by atoms with Crippen LogP contribution < -0.4 is 10.1 Å². The lowest BCUT2D eigenvalue weighted by atomic mass is 10.1. The van der Waals surface area contributed by atoms with Gasteiger partial charge in [-0.15, -0.1) is 0 Å². The minimum Gasteiger partial charge on any atom is -0.496 e. The van der Waals surface area contributed by atoms with Gasteiger partial charge in [-0.1, -0.05) is 17.7 Å². The number of hydrogen-bond donors (Lipinski definition) is 2. The first-order valence-corrected chi connectivity index (χ1v) is 6.24. The van der Waals surface area contributed by atoms with Gasteiger partial charge in [0.15, 0.2) is 0 Å². The molecule has 1 aromatic carbocycles. The third kappa shape index (κ3) is 3.00. The molecule has 2 rings (SSSR count). The topological polar surface area (TPSA) is 71.5 Å². The summed E-state index contributed by atoms with van der Waals surface area (Å²) in [6.45, 7) is 0.342. The number of ether oxygens (including phenoxy) is 1. The van der Waals surface area contributed by atoms with Crippen molar-refractivity contribution in [2.75, 3.05) is 12.4 Å². The number of aromatic carboxylic acids is 1. The Kier molecular flexibility index (Phi) is 4.42. The van der Waals surface area contributed by atoms with Crippen molar-refractivity contribution in [3.63, 3.8) is 0 Å². The van der Waals surface area contributed by atoms with Crippen molar-refractivity contribution in [2.45, 2.75) is 6.54 Å². The molecule has 0 atom stereocenters. The number of rotatable bonds is 5. The quantitative estimate of drug-likeness (QED) is 0.886. The number of aromatic nitrogens is 1. The number of benzene rings is 1. The van der Waals surface area contributed by atoms with E-state index in [4.69, 9.17) is 21.4 Å². The van der Waals surface area contributed by atoms with Crippen molar-refractivity contribution in [3.05, 3.63) is 52.8 Å². The van der Waals surface area contributed by atoms with Crippen LogP contribution in [0.5, 0.6) is 5.75 Å². The van der Waals surface area contributed by atoms with Crippen LogP contribution in [0.25, 0.3) is 0 Å². The zero-order valence-corrected chi connectivity index (χ0v) is 11.5. The first-order valence-electron chi connectivity index (χ1n) is 5.86. The first kappa shape index (κ1) is 14.1. The Morgan fingerprint density at radius 3 is 2.95 bits per heavy atom. The van der Waals surface area contributed by atoms with Gasteiger partial charge >= 0.3 is 5.97 Å². The predicted molar refractivity (Wildman–Crippen MR) is 76.5 cm³/mol. The fraction of sp³-hybridized carbons (Fsp3) is 0.143. The summed E-state index contributed by atoms with van der Waals surface area (Å²) in [5, 5.41) is 12.7. The lowest BCUT2D eigenvalue weighted by Gasteiger charge is -2.13. The van der Waals surface area contributed by atoms with E-state index < -0.39 is 5.97 Å². The normalized spacial score (nSPS) is 10.1. The molecule has 0 unspecified atom stereocenters. The van der Waals surface area contributed by atoms with Crippen molar-refractivity contribution < 1.29 is 14.6 Å². The van der Waals surface area contributed by atoms with Crippen LogP contribution in [0, 0.1) is 0 Å². The zero-order chi connectivity index (χ0) is 14.5. The highest BCUT2D eigenvalue weighted by atomic mass is 35.5. The Morgan fingerprint density at radius 1 is 1.45 bits per heavy atom. The van der Waals surface area contributed by atoms with Crippen molar-refractivity contribution in [3.8, 4) is 5.75 Å². The van der Waals surface area contributed by atoms with E-state index in [1.165, 1.54) is 18.5 Å². The van der Waals surface area contributed by atoms with Crippen LogP contribution in [0.15, 0.2) is 36.7 Å². The van der Waals surface area contributed by atoms with Gasteiger partial charge in [0.25, 0.3) is 0 Å². The number of carbonyl (C=O) groups is 1. The maximum Gasteiger partial charge on any atom is 0.337 e. The highest BCUT2D eigenvalue weighted by molar-refractivity contribution is 6.31. The van der Waals surface area contributed by atoms with E-state index in [0.29, 0.717) is 23.0 Å². The van der Waals surface area contributed by atoms with Crippen LogP contribution in [-0.4, -0.2) is 23.2 Å². The van der Waals surface area contributed by atoms with Crippen LogP contribution in [0.2, 0.25) is 5.02 Å². The molecule has 0 saturated heterocycles. The molecule has 1 heterocycles. The van der Waals surface area contributed by atoms with Gasteiger partial charge < -0.3 is 15.2 Å². The molecule has 0 saturated carbocycles. The minimum atomic E-state index is -1.01. The fourth-order valence-electron chi connectivity index (χ4n) is 1.81. The van der Waals surface area contributed by atoms with Crippen LogP contribution in [0.3, 0.4) is 0 Å². The summed E-state index contributed by atoms with van der Waals surface area (Å²) < 4.78 is 5.24. The summed E-state index contributed by atoms with van der Waals surface area (Å²) in [7, 11) is 1.56. The molecule has 20 heavy (non-hydrogen) atoms. The predicted octanol–water partition coefficient (Wildman–Crippen LogP) is 3.05. The summed E-state index contributed by atoms with van der Waals surface area (Å²) in [5.41, 5.74) is 1.35.